The molecule has 3 aromatic rings. The summed E-state index contributed by atoms with van der Waals surface area (Å²) in [5.41, 5.74) is 4.97. The minimum Gasteiger partial charge on any atom is -0.489 e. The van der Waals surface area contributed by atoms with Crippen molar-refractivity contribution in [3.63, 3.8) is 0 Å². The Bertz CT molecular complexity index is 1420. The molecule has 182 valence electrons. The van der Waals surface area contributed by atoms with E-state index in [-0.39, 0.29) is 17.2 Å². The molecule has 0 bridgehead atoms. The minimum absolute atomic E-state index is 0.0805. The number of ether oxygens (including phenoxy) is 1. The number of hydrogen-bond acceptors (Lipinski definition) is 5. The topological polar surface area (TPSA) is 117 Å². The Morgan fingerprint density at radius 3 is 2.94 bits per heavy atom. The summed E-state index contributed by atoms with van der Waals surface area (Å²) in [7, 11) is 1.87. The highest BCUT2D eigenvalue weighted by atomic mass is 16.5. The van der Waals surface area contributed by atoms with Gasteiger partial charge in [-0.05, 0) is 66.6 Å². The molecule has 5 rings (SSSR count). The first kappa shape index (κ1) is 23.4. The van der Waals surface area contributed by atoms with E-state index in [1.807, 2.05) is 19.3 Å². The van der Waals surface area contributed by atoms with Crippen LogP contribution in [0.4, 0.5) is 5.69 Å². The predicted molar refractivity (Wildman–Crippen MR) is 132 cm³/mol. The summed E-state index contributed by atoms with van der Waals surface area (Å²) < 4.78 is 7.75. The molecule has 1 saturated carbocycles. The summed E-state index contributed by atoms with van der Waals surface area (Å²) in [5, 5.41) is 25.4. The van der Waals surface area contributed by atoms with Crippen molar-refractivity contribution in [2.24, 2.45) is 13.0 Å². The van der Waals surface area contributed by atoms with Crippen molar-refractivity contribution in [2.45, 2.75) is 37.7 Å². The molecule has 0 radical (unpaired) electrons. The first-order valence-corrected chi connectivity index (χ1v) is 11.8. The number of allylic oxidation sites excluding steroid dienone is 1. The Labute approximate surface area is 208 Å². The summed E-state index contributed by atoms with van der Waals surface area (Å²) in [4.78, 5) is 24.2. The van der Waals surface area contributed by atoms with Crippen molar-refractivity contribution in [2.75, 3.05) is 5.32 Å². The van der Waals surface area contributed by atoms with Gasteiger partial charge in [0.25, 0.3) is 0 Å². The molecular weight excluding hydrogens is 456 g/mol. The third kappa shape index (κ3) is 4.60. The highest BCUT2D eigenvalue weighted by molar-refractivity contribution is 5.97. The molecule has 0 saturated heterocycles. The van der Waals surface area contributed by atoms with Crippen molar-refractivity contribution in [1.29, 1.82) is 5.26 Å². The van der Waals surface area contributed by atoms with Crippen LogP contribution in [0.5, 0.6) is 5.75 Å². The molecule has 2 atom stereocenters. The van der Waals surface area contributed by atoms with E-state index in [0.29, 0.717) is 24.3 Å². The number of carboxylic acids is 1. The highest BCUT2D eigenvalue weighted by Crippen LogP contribution is 2.62. The number of amides is 1. The molecule has 36 heavy (non-hydrogen) atoms. The Morgan fingerprint density at radius 1 is 1.33 bits per heavy atom. The van der Waals surface area contributed by atoms with Gasteiger partial charge in [-0.15, -0.1) is 0 Å². The standard InChI is InChI=1S/C28H26N4O4/c1-32-16-19(15-30-32)17-36-22-8-7-20-9-10-28(23(20)12-22)13-24(28)27(35)31-25-11-18(14-29)5-6-21(25)3-2-4-26(33)34/h2,4-8,11-12,15-16,24H,3,9-10,13,17H2,1H3,(H,31,35)(H,33,34)/t24-,28-/m0/s1. The van der Waals surface area contributed by atoms with E-state index in [9.17, 15) is 14.9 Å². The van der Waals surface area contributed by atoms with E-state index < -0.39 is 5.97 Å². The SMILES string of the molecule is Cn1cc(COc2ccc3c(c2)[C@]2(CC3)C[C@H]2C(=O)Nc2cc(C#N)ccc2CC=CC(=O)O)cn1. The average Bonchev–Trinajstić information content (AvgIpc) is 3.29. The lowest BCUT2D eigenvalue weighted by atomic mass is 9.94. The van der Waals surface area contributed by atoms with Gasteiger partial charge in [-0.25, -0.2) is 4.79 Å². The zero-order valence-corrected chi connectivity index (χ0v) is 19.9. The summed E-state index contributed by atoms with van der Waals surface area (Å²) in [6.07, 6.45) is 9.25. The van der Waals surface area contributed by atoms with Crippen LogP contribution in [0.2, 0.25) is 0 Å². The van der Waals surface area contributed by atoms with Gasteiger partial charge in [0.2, 0.25) is 5.91 Å². The van der Waals surface area contributed by atoms with Crippen LogP contribution in [-0.4, -0.2) is 26.8 Å². The van der Waals surface area contributed by atoms with Crippen LogP contribution >= 0.6 is 0 Å². The summed E-state index contributed by atoms with van der Waals surface area (Å²) >= 11 is 0. The molecule has 2 N–H and O–H groups in total. The maximum atomic E-state index is 13.3. The van der Waals surface area contributed by atoms with E-state index in [1.165, 1.54) is 17.2 Å². The molecule has 1 fully saturated rings. The maximum Gasteiger partial charge on any atom is 0.327 e. The van der Waals surface area contributed by atoms with Crippen molar-refractivity contribution in [3.8, 4) is 11.8 Å². The van der Waals surface area contributed by atoms with Crippen LogP contribution in [0.3, 0.4) is 0 Å². The fraction of sp³-hybridized carbons (Fsp3) is 0.286. The largest absolute Gasteiger partial charge is 0.489 e. The van der Waals surface area contributed by atoms with Gasteiger partial charge >= 0.3 is 5.97 Å². The Kier molecular flexibility index (Phi) is 6.06. The number of nitriles is 1. The van der Waals surface area contributed by atoms with Gasteiger partial charge < -0.3 is 15.2 Å². The number of aromatic nitrogens is 2. The average molecular weight is 483 g/mol. The zero-order valence-electron chi connectivity index (χ0n) is 19.9. The number of hydrogen-bond donors (Lipinski definition) is 2. The van der Waals surface area contributed by atoms with Gasteiger partial charge in [0.15, 0.2) is 0 Å². The molecule has 8 heteroatoms. The Morgan fingerprint density at radius 2 is 2.19 bits per heavy atom. The van der Waals surface area contributed by atoms with Crippen LogP contribution in [-0.2, 0) is 41.5 Å². The van der Waals surface area contributed by atoms with Gasteiger partial charge in [0.05, 0.1) is 17.8 Å². The van der Waals surface area contributed by atoms with Crippen LogP contribution in [0.25, 0.3) is 0 Å². The normalized spacial score (nSPS) is 19.7. The number of aryl methyl sites for hydroxylation is 2. The number of anilines is 1. The minimum atomic E-state index is -1.03. The number of nitrogens with one attached hydrogen (secondary N) is 1. The van der Waals surface area contributed by atoms with E-state index in [2.05, 4.69) is 28.6 Å². The van der Waals surface area contributed by atoms with Crippen molar-refractivity contribution >= 4 is 17.6 Å². The molecule has 1 heterocycles. The molecule has 0 unspecified atom stereocenters. The highest BCUT2D eigenvalue weighted by Gasteiger charge is 2.61. The first-order valence-electron chi connectivity index (χ1n) is 11.8. The summed E-state index contributed by atoms with van der Waals surface area (Å²) in [5.74, 6) is -0.499. The van der Waals surface area contributed by atoms with Crippen molar-refractivity contribution in [1.82, 2.24) is 9.78 Å². The number of rotatable bonds is 8. The van der Waals surface area contributed by atoms with Gasteiger partial charge in [0, 0.05) is 41.9 Å². The van der Waals surface area contributed by atoms with Crippen LogP contribution in [0.1, 0.15) is 40.7 Å². The van der Waals surface area contributed by atoms with Crippen molar-refractivity contribution < 1.29 is 19.4 Å². The lowest BCUT2D eigenvalue weighted by molar-refractivity contribution is -0.131. The third-order valence-electron chi connectivity index (χ3n) is 7.11. The molecular formula is C28H26N4O4. The van der Waals surface area contributed by atoms with E-state index in [0.717, 1.165) is 42.2 Å². The predicted octanol–water partition coefficient (Wildman–Crippen LogP) is 3.90. The molecule has 1 amide bonds. The lowest BCUT2D eigenvalue weighted by Gasteiger charge is -2.15. The number of carboxylic acid groups (broad SMARTS) is 1. The molecule has 1 aromatic heterocycles. The second kappa shape index (κ2) is 9.34. The molecule has 0 aliphatic heterocycles. The van der Waals surface area contributed by atoms with Gasteiger partial charge in [-0.2, -0.15) is 10.4 Å². The number of carbonyl (C=O) groups excluding carboxylic acids is 1. The lowest BCUT2D eigenvalue weighted by Crippen LogP contribution is -2.20. The first-order chi connectivity index (χ1) is 17.4. The van der Waals surface area contributed by atoms with E-state index in [1.54, 1.807) is 29.1 Å². The zero-order chi connectivity index (χ0) is 25.3. The molecule has 2 aromatic carbocycles. The van der Waals surface area contributed by atoms with Crippen molar-refractivity contribution in [3.05, 3.63) is 88.8 Å². The second-order valence-electron chi connectivity index (χ2n) is 9.46. The summed E-state index contributed by atoms with van der Waals surface area (Å²) in [6.45, 7) is 0.428. The second-order valence-corrected chi connectivity index (χ2v) is 9.46. The van der Waals surface area contributed by atoms with Crippen LogP contribution in [0.15, 0.2) is 60.9 Å². The summed E-state index contributed by atoms with van der Waals surface area (Å²) in [6, 6.07) is 13.3. The molecule has 2 aliphatic rings. The number of benzene rings is 2. The van der Waals surface area contributed by atoms with Gasteiger partial charge in [-0.3, -0.25) is 9.48 Å². The Hall–Kier alpha value is -4.38. The molecule has 8 nitrogen and oxygen atoms in total. The quantitative estimate of drug-likeness (QED) is 0.471. The molecule has 2 aliphatic carbocycles. The number of fused-ring (bicyclic) bond motifs is 2. The van der Waals surface area contributed by atoms with Crippen LogP contribution < -0.4 is 10.1 Å². The number of nitrogens with zero attached hydrogens (tertiary/aromatic N) is 3. The molecule has 1 spiro atoms. The van der Waals surface area contributed by atoms with E-state index >= 15 is 0 Å². The van der Waals surface area contributed by atoms with E-state index in [4.69, 9.17) is 9.84 Å². The maximum absolute atomic E-state index is 13.3. The fourth-order valence-corrected chi connectivity index (χ4v) is 5.20. The third-order valence-corrected chi connectivity index (χ3v) is 7.11. The number of aliphatic carboxylic acids is 1. The van der Waals surface area contributed by atoms with Gasteiger partial charge in [-0.1, -0.05) is 18.2 Å². The monoisotopic (exact) mass is 482 g/mol. The Balaban J connectivity index is 1.31. The fourth-order valence-electron chi connectivity index (χ4n) is 5.20. The smallest absolute Gasteiger partial charge is 0.327 e. The number of carbonyl (C=O) groups is 2. The van der Waals surface area contributed by atoms with Crippen LogP contribution in [0, 0.1) is 17.2 Å². The van der Waals surface area contributed by atoms with Gasteiger partial charge in [0.1, 0.15) is 12.4 Å².